The average Bonchev–Trinajstić information content (AvgIpc) is 2.59. The number of hydrogen-bond donors (Lipinski definition) is 0. The van der Waals surface area contributed by atoms with Crippen LogP contribution in [0.2, 0.25) is 0 Å². The van der Waals surface area contributed by atoms with Crippen molar-refractivity contribution in [3.8, 4) is 0 Å². The Morgan fingerprint density at radius 1 is 1.00 bits per heavy atom. The first-order valence-corrected chi connectivity index (χ1v) is 6.86. The minimum absolute atomic E-state index is 0.740. The van der Waals surface area contributed by atoms with Crippen molar-refractivity contribution in [3.05, 3.63) is 40.5 Å². The Balaban J connectivity index is 2.24. The van der Waals surface area contributed by atoms with E-state index in [2.05, 4.69) is 52.0 Å². The summed E-state index contributed by atoms with van der Waals surface area (Å²) in [6, 6.07) is 6.82. The van der Waals surface area contributed by atoms with Crippen molar-refractivity contribution >= 4 is 6.08 Å². The molecule has 0 atom stereocenters. The second-order valence-electron chi connectivity index (χ2n) is 6.17. The van der Waals surface area contributed by atoms with Crippen LogP contribution in [0, 0.1) is 11.8 Å². The van der Waals surface area contributed by atoms with Crippen LogP contribution in [0.1, 0.15) is 50.8 Å². The van der Waals surface area contributed by atoms with Gasteiger partial charge < -0.3 is 0 Å². The van der Waals surface area contributed by atoms with Crippen molar-refractivity contribution < 1.29 is 0 Å². The third kappa shape index (κ3) is 3.00. The Bertz CT molecular complexity index is 422. The van der Waals surface area contributed by atoms with Crippen molar-refractivity contribution in [2.24, 2.45) is 11.8 Å². The minimum atomic E-state index is 0.740. The predicted octanol–water partition coefficient (Wildman–Crippen LogP) is 4.87. The molecule has 0 bridgehead atoms. The molecule has 0 nitrogen and oxygen atoms in total. The molecule has 0 saturated carbocycles. The molecular formula is C17H24. The van der Waals surface area contributed by atoms with E-state index in [0.29, 0.717) is 0 Å². The largest absolute Gasteiger partial charge is 0.0649 e. The van der Waals surface area contributed by atoms with Crippen LogP contribution in [-0.2, 0) is 12.8 Å². The zero-order valence-corrected chi connectivity index (χ0v) is 11.6. The van der Waals surface area contributed by atoms with E-state index in [-0.39, 0.29) is 0 Å². The summed E-state index contributed by atoms with van der Waals surface area (Å²) in [5, 5.41) is 0. The molecule has 0 amide bonds. The summed E-state index contributed by atoms with van der Waals surface area (Å²) in [6.07, 6.45) is 6.08. The molecule has 0 radical (unpaired) electrons. The second-order valence-corrected chi connectivity index (χ2v) is 6.17. The van der Waals surface area contributed by atoms with Crippen molar-refractivity contribution in [1.29, 1.82) is 0 Å². The highest BCUT2D eigenvalue weighted by molar-refractivity contribution is 5.66. The molecule has 0 unspecified atom stereocenters. The van der Waals surface area contributed by atoms with E-state index in [1.807, 2.05) is 0 Å². The number of allylic oxidation sites excluding steroid dienone is 1. The lowest BCUT2D eigenvalue weighted by Crippen LogP contribution is -1.97. The number of hydrogen-bond acceptors (Lipinski definition) is 0. The van der Waals surface area contributed by atoms with Gasteiger partial charge in [0.1, 0.15) is 0 Å². The lowest BCUT2D eigenvalue weighted by Gasteiger charge is -2.09. The highest BCUT2D eigenvalue weighted by Gasteiger charge is 2.16. The van der Waals surface area contributed by atoms with Crippen LogP contribution in [-0.4, -0.2) is 0 Å². The summed E-state index contributed by atoms with van der Waals surface area (Å²) < 4.78 is 0. The molecule has 0 N–H and O–H groups in total. The summed E-state index contributed by atoms with van der Waals surface area (Å²) in [7, 11) is 0. The van der Waals surface area contributed by atoms with Crippen LogP contribution in [0.3, 0.4) is 0 Å². The minimum Gasteiger partial charge on any atom is -0.0649 e. The molecule has 17 heavy (non-hydrogen) atoms. The molecule has 1 aromatic carbocycles. The maximum absolute atomic E-state index is 2.45. The smallest absolute Gasteiger partial charge is 0.00576 e. The number of fused-ring (bicyclic) bond motifs is 1. The SMILES string of the molecule is CC(C)CC1=Cc2c(cccc2CC(C)C)C1. The molecule has 0 aromatic heterocycles. The van der Waals surface area contributed by atoms with Gasteiger partial charge in [0, 0.05) is 0 Å². The number of benzene rings is 1. The van der Waals surface area contributed by atoms with Crippen LogP contribution in [0.4, 0.5) is 0 Å². The van der Waals surface area contributed by atoms with Crippen molar-refractivity contribution in [3.63, 3.8) is 0 Å². The zero-order chi connectivity index (χ0) is 12.4. The Morgan fingerprint density at radius 2 is 1.71 bits per heavy atom. The van der Waals surface area contributed by atoms with Crippen molar-refractivity contribution in [2.75, 3.05) is 0 Å². The van der Waals surface area contributed by atoms with Gasteiger partial charge in [0.25, 0.3) is 0 Å². The molecule has 1 aliphatic rings. The van der Waals surface area contributed by atoms with Crippen LogP contribution in [0.25, 0.3) is 6.08 Å². The number of rotatable bonds is 4. The van der Waals surface area contributed by atoms with E-state index in [4.69, 9.17) is 0 Å². The van der Waals surface area contributed by atoms with Gasteiger partial charge in [0.05, 0.1) is 0 Å². The summed E-state index contributed by atoms with van der Waals surface area (Å²) >= 11 is 0. The molecule has 92 valence electrons. The standard InChI is InChI=1S/C17H24/c1-12(2)8-14-10-16-7-5-6-15(9-13(3)4)17(16)11-14/h5-7,11-13H,8-10H2,1-4H3. The molecule has 0 fully saturated rings. The Labute approximate surface area is 106 Å². The average molecular weight is 228 g/mol. The molecule has 0 spiro atoms. The highest BCUT2D eigenvalue weighted by Crippen LogP contribution is 2.32. The lowest BCUT2D eigenvalue weighted by molar-refractivity contribution is 0.638. The van der Waals surface area contributed by atoms with E-state index in [0.717, 1.165) is 11.8 Å². The summed E-state index contributed by atoms with van der Waals surface area (Å²) in [6.45, 7) is 9.21. The first-order chi connectivity index (χ1) is 8.06. The lowest BCUT2D eigenvalue weighted by atomic mass is 9.96. The van der Waals surface area contributed by atoms with Crippen LogP contribution < -0.4 is 0 Å². The van der Waals surface area contributed by atoms with Gasteiger partial charge in [-0.05, 0) is 47.8 Å². The van der Waals surface area contributed by atoms with Gasteiger partial charge in [0.15, 0.2) is 0 Å². The van der Waals surface area contributed by atoms with Crippen molar-refractivity contribution in [1.82, 2.24) is 0 Å². The quantitative estimate of drug-likeness (QED) is 0.689. The normalized spacial score (nSPS) is 14.4. The van der Waals surface area contributed by atoms with E-state index in [1.165, 1.54) is 30.4 Å². The second kappa shape index (κ2) is 5.08. The van der Waals surface area contributed by atoms with Crippen molar-refractivity contribution in [2.45, 2.75) is 47.0 Å². The topological polar surface area (TPSA) is 0 Å². The van der Waals surface area contributed by atoms with Crippen LogP contribution in [0.15, 0.2) is 23.8 Å². The third-order valence-electron chi connectivity index (χ3n) is 3.35. The molecule has 1 aliphatic carbocycles. The Kier molecular flexibility index (Phi) is 3.71. The fourth-order valence-electron chi connectivity index (χ4n) is 2.78. The summed E-state index contributed by atoms with van der Waals surface area (Å²) in [4.78, 5) is 0. The van der Waals surface area contributed by atoms with E-state index < -0.39 is 0 Å². The molecule has 0 saturated heterocycles. The van der Waals surface area contributed by atoms with E-state index in [1.54, 1.807) is 11.1 Å². The zero-order valence-electron chi connectivity index (χ0n) is 11.6. The van der Waals surface area contributed by atoms with Gasteiger partial charge in [-0.15, -0.1) is 0 Å². The third-order valence-corrected chi connectivity index (χ3v) is 3.35. The van der Waals surface area contributed by atoms with Crippen LogP contribution >= 0.6 is 0 Å². The maximum Gasteiger partial charge on any atom is -0.00576 e. The van der Waals surface area contributed by atoms with Gasteiger partial charge in [-0.1, -0.05) is 57.5 Å². The van der Waals surface area contributed by atoms with Gasteiger partial charge in [-0.25, -0.2) is 0 Å². The Morgan fingerprint density at radius 3 is 2.35 bits per heavy atom. The first-order valence-electron chi connectivity index (χ1n) is 6.86. The fraction of sp³-hybridized carbons (Fsp3) is 0.529. The molecule has 0 heteroatoms. The first kappa shape index (κ1) is 12.4. The predicted molar refractivity (Wildman–Crippen MR) is 76.1 cm³/mol. The maximum atomic E-state index is 2.45. The molecular weight excluding hydrogens is 204 g/mol. The summed E-state index contributed by atoms with van der Waals surface area (Å²) in [5.41, 5.74) is 6.22. The summed E-state index contributed by atoms with van der Waals surface area (Å²) in [5.74, 6) is 1.51. The Hall–Kier alpha value is -1.04. The van der Waals surface area contributed by atoms with Gasteiger partial charge in [0.2, 0.25) is 0 Å². The van der Waals surface area contributed by atoms with E-state index >= 15 is 0 Å². The van der Waals surface area contributed by atoms with Gasteiger partial charge in [-0.3, -0.25) is 0 Å². The highest BCUT2D eigenvalue weighted by atomic mass is 14.2. The molecule has 2 rings (SSSR count). The van der Waals surface area contributed by atoms with Gasteiger partial charge >= 0.3 is 0 Å². The monoisotopic (exact) mass is 228 g/mol. The van der Waals surface area contributed by atoms with Crippen LogP contribution in [0.5, 0.6) is 0 Å². The fourth-order valence-corrected chi connectivity index (χ4v) is 2.78. The van der Waals surface area contributed by atoms with E-state index in [9.17, 15) is 0 Å². The van der Waals surface area contributed by atoms with Gasteiger partial charge in [-0.2, -0.15) is 0 Å². The molecule has 1 aromatic rings. The molecule has 0 aliphatic heterocycles. The molecule has 0 heterocycles.